The van der Waals surface area contributed by atoms with Gasteiger partial charge in [-0.25, -0.2) is 0 Å². The molecule has 0 aromatic heterocycles. The highest BCUT2D eigenvalue weighted by molar-refractivity contribution is 5.50. The Bertz CT molecular complexity index is 116. The molecule has 0 saturated carbocycles. The highest BCUT2D eigenvalue weighted by Gasteiger charge is 2.23. The minimum atomic E-state index is -1.47. The predicted molar refractivity (Wildman–Crippen MR) is 35.8 cm³/mol. The summed E-state index contributed by atoms with van der Waals surface area (Å²) in [4.78, 5) is 9.82. The molecule has 0 aromatic rings. The van der Waals surface area contributed by atoms with Gasteiger partial charge in [-0.3, -0.25) is 0 Å². The summed E-state index contributed by atoms with van der Waals surface area (Å²) in [5.74, 6) is 0. The summed E-state index contributed by atoms with van der Waals surface area (Å²) in [7, 11) is 0. The summed E-state index contributed by atoms with van der Waals surface area (Å²) in [5.41, 5.74) is 0. The third-order valence-corrected chi connectivity index (χ3v) is 1.31. The quantitative estimate of drug-likeness (QED) is 0.341. The molecule has 4 N–H and O–H groups in total. The van der Waals surface area contributed by atoms with Crippen molar-refractivity contribution in [1.82, 2.24) is 0 Å². The predicted octanol–water partition coefficient (Wildman–Crippen LogP) is -2.35. The van der Waals surface area contributed by atoms with Crippen molar-refractivity contribution < 1.29 is 25.2 Å². The second-order valence-electron chi connectivity index (χ2n) is 2.21. The van der Waals surface area contributed by atoms with Gasteiger partial charge in [-0.15, -0.1) is 0 Å². The average Bonchev–Trinajstić information content (AvgIpc) is 2.02. The Morgan fingerprint density at radius 3 is 2.09 bits per heavy atom. The van der Waals surface area contributed by atoms with Crippen LogP contribution in [0, 0.1) is 0 Å². The Labute approximate surface area is 63.9 Å². The van der Waals surface area contributed by atoms with Crippen molar-refractivity contribution in [3.05, 3.63) is 0 Å². The molecule has 0 heterocycles. The minimum Gasteiger partial charge on any atom is -0.394 e. The van der Waals surface area contributed by atoms with E-state index in [0.29, 0.717) is 6.29 Å². The van der Waals surface area contributed by atoms with Crippen LogP contribution in [-0.2, 0) is 4.79 Å². The molecule has 5 nitrogen and oxygen atoms in total. The molecule has 0 aromatic carbocycles. The third kappa shape index (κ3) is 3.43. The number of carbonyl (C=O) groups excluding carboxylic acids is 1. The Hall–Kier alpha value is -0.490. The van der Waals surface area contributed by atoms with E-state index in [1.165, 1.54) is 0 Å². The number of aliphatic hydroxyl groups is 4. The van der Waals surface area contributed by atoms with E-state index in [9.17, 15) is 4.79 Å². The van der Waals surface area contributed by atoms with Gasteiger partial charge in [0.15, 0.2) is 0 Å². The van der Waals surface area contributed by atoms with Crippen LogP contribution >= 0.6 is 0 Å². The highest BCUT2D eigenvalue weighted by atomic mass is 16.4. The molecule has 5 heteroatoms. The number of rotatable bonds is 5. The number of carbonyl (C=O) groups is 1. The molecule has 0 aliphatic carbocycles. The summed E-state index contributed by atoms with van der Waals surface area (Å²) in [6.45, 7) is -0.642. The summed E-state index contributed by atoms with van der Waals surface area (Å²) in [6.07, 6.45) is -4.00. The van der Waals surface area contributed by atoms with Gasteiger partial charge < -0.3 is 25.2 Å². The molecule has 0 amide bonds. The lowest BCUT2D eigenvalue weighted by molar-refractivity contribution is -0.115. The van der Waals surface area contributed by atoms with Crippen LogP contribution in [0.15, 0.2) is 0 Å². The van der Waals surface area contributed by atoms with E-state index in [4.69, 9.17) is 20.4 Å². The van der Waals surface area contributed by atoms with Gasteiger partial charge >= 0.3 is 0 Å². The number of hydrogen-bond acceptors (Lipinski definition) is 5. The fourth-order valence-corrected chi connectivity index (χ4v) is 0.602. The van der Waals surface area contributed by atoms with Crippen molar-refractivity contribution >= 4 is 6.29 Å². The Kier molecular flexibility index (Phi) is 4.97. The fraction of sp³-hybridized carbons (Fsp3) is 0.833. The maximum atomic E-state index is 9.82. The molecule has 0 rings (SSSR count). The van der Waals surface area contributed by atoms with E-state index < -0.39 is 24.9 Å². The van der Waals surface area contributed by atoms with Crippen LogP contribution in [0.25, 0.3) is 0 Å². The van der Waals surface area contributed by atoms with E-state index in [1.807, 2.05) is 0 Å². The van der Waals surface area contributed by atoms with E-state index >= 15 is 0 Å². The van der Waals surface area contributed by atoms with Crippen molar-refractivity contribution in [2.24, 2.45) is 0 Å². The fourth-order valence-electron chi connectivity index (χ4n) is 0.602. The van der Waals surface area contributed by atoms with Gasteiger partial charge in [0, 0.05) is 6.42 Å². The first kappa shape index (κ1) is 10.5. The first-order valence-corrected chi connectivity index (χ1v) is 3.22. The smallest absolute Gasteiger partial charge is 0.122 e. The molecule has 0 radical (unpaired) electrons. The van der Waals surface area contributed by atoms with E-state index in [2.05, 4.69) is 0 Å². The Balaban J connectivity index is 3.79. The van der Waals surface area contributed by atoms with Gasteiger partial charge in [-0.05, 0) is 0 Å². The molecule has 0 aliphatic heterocycles. The lowest BCUT2D eigenvalue weighted by Crippen LogP contribution is -2.39. The number of aliphatic hydroxyl groups excluding tert-OH is 4. The van der Waals surface area contributed by atoms with Crippen LogP contribution in [0.4, 0.5) is 0 Å². The molecule has 3 atom stereocenters. The maximum Gasteiger partial charge on any atom is 0.122 e. The minimum absolute atomic E-state index is 0.252. The molecule has 0 spiro atoms. The van der Waals surface area contributed by atoms with Crippen molar-refractivity contribution in [3.8, 4) is 0 Å². The molecular formula is C6H12O5. The second-order valence-corrected chi connectivity index (χ2v) is 2.21. The van der Waals surface area contributed by atoms with Crippen molar-refractivity contribution in [2.45, 2.75) is 24.7 Å². The average molecular weight is 164 g/mol. The Morgan fingerprint density at radius 1 is 1.18 bits per heavy atom. The van der Waals surface area contributed by atoms with E-state index in [-0.39, 0.29) is 6.42 Å². The molecule has 0 aliphatic rings. The topological polar surface area (TPSA) is 98.0 Å². The molecule has 11 heavy (non-hydrogen) atoms. The number of hydrogen-bond donors (Lipinski definition) is 4. The standard InChI is InChI=1S/C6H12O5/c7-2-1-4(9)6(11)5(10)3-8/h2,4-6,8-11H,1,3H2/t4-,5+,6-/m1/s1. The van der Waals surface area contributed by atoms with Crippen LogP contribution in [-0.4, -0.2) is 51.6 Å². The van der Waals surface area contributed by atoms with Crippen LogP contribution in [0.3, 0.4) is 0 Å². The zero-order valence-corrected chi connectivity index (χ0v) is 5.92. The largest absolute Gasteiger partial charge is 0.394 e. The summed E-state index contributed by atoms with van der Waals surface area (Å²) in [5, 5.41) is 34.8. The SMILES string of the molecule is O=CC[C@@H](O)[C@@H](O)[C@@H](O)CO. The van der Waals surface area contributed by atoms with Crippen LogP contribution in [0.2, 0.25) is 0 Å². The van der Waals surface area contributed by atoms with Crippen molar-refractivity contribution in [1.29, 1.82) is 0 Å². The number of aldehydes is 1. The van der Waals surface area contributed by atoms with Gasteiger partial charge in [0.25, 0.3) is 0 Å². The molecule has 0 bridgehead atoms. The van der Waals surface area contributed by atoms with E-state index in [0.717, 1.165) is 0 Å². The Morgan fingerprint density at radius 2 is 1.73 bits per heavy atom. The summed E-state index contributed by atoms with van der Waals surface area (Å²) in [6, 6.07) is 0. The van der Waals surface area contributed by atoms with Gasteiger partial charge in [0.05, 0.1) is 12.7 Å². The van der Waals surface area contributed by atoms with E-state index in [1.54, 1.807) is 0 Å². The zero-order valence-electron chi connectivity index (χ0n) is 5.92. The monoisotopic (exact) mass is 164 g/mol. The van der Waals surface area contributed by atoms with Crippen LogP contribution < -0.4 is 0 Å². The second kappa shape index (κ2) is 5.20. The first-order chi connectivity index (χ1) is 5.13. The normalized spacial score (nSPS) is 18.9. The van der Waals surface area contributed by atoms with Gasteiger partial charge in [-0.1, -0.05) is 0 Å². The lowest BCUT2D eigenvalue weighted by Gasteiger charge is -2.19. The van der Waals surface area contributed by atoms with Gasteiger partial charge in [0.2, 0.25) is 0 Å². The summed E-state index contributed by atoms with van der Waals surface area (Å²) >= 11 is 0. The molecule has 0 fully saturated rings. The molecule has 0 unspecified atom stereocenters. The zero-order chi connectivity index (χ0) is 8.85. The summed E-state index contributed by atoms with van der Waals surface area (Å²) < 4.78 is 0. The third-order valence-electron chi connectivity index (χ3n) is 1.31. The van der Waals surface area contributed by atoms with Crippen LogP contribution in [0.1, 0.15) is 6.42 Å². The first-order valence-electron chi connectivity index (χ1n) is 3.22. The molecular weight excluding hydrogens is 152 g/mol. The molecule has 66 valence electrons. The highest BCUT2D eigenvalue weighted by Crippen LogP contribution is 2.01. The van der Waals surface area contributed by atoms with Crippen molar-refractivity contribution in [3.63, 3.8) is 0 Å². The van der Waals surface area contributed by atoms with Gasteiger partial charge in [0.1, 0.15) is 18.5 Å². The van der Waals surface area contributed by atoms with Gasteiger partial charge in [-0.2, -0.15) is 0 Å². The molecule has 0 saturated heterocycles. The maximum absolute atomic E-state index is 9.82. The lowest BCUT2D eigenvalue weighted by atomic mass is 10.1. The van der Waals surface area contributed by atoms with Crippen molar-refractivity contribution in [2.75, 3.05) is 6.61 Å². The van der Waals surface area contributed by atoms with Crippen LogP contribution in [0.5, 0.6) is 0 Å².